The van der Waals surface area contributed by atoms with Gasteiger partial charge in [0.25, 0.3) is 5.91 Å². The first-order valence-electron chi connectivity index (χ1n) is 6.34. The zero-order valence-electron chi connectivity index (χ0n) is 11.8. The van der Waals surface area contributed by atoms with E-state index in [1.165, 1.54) is 7.11 Å². The van der Waals surface area contributed by atoms with Crippen LogP contribution in [0.5, 0.6) is 0 Å². The van der Waals surface area contributed by atoms with Crippen LogP contribution in [0.15, 0.2) is 30.3 Å². The van der Waals surface area contributed by atoms with Crippen molar-refractivity contribution in [1.82, 2.24) is 5.32 Å². The number of nitrogen functional groups attached to an aromatic ring is 1. The van der Waals surface area contributed by atoms with E-state index in [0.29, 0.717) is 27.5 Å². The number of nitrogens with one attached hydrogen (secondary N) is 1. The molecular weight excluding hydrogens is 288 g/mol. The average Bonchev–Trinajstić information content (AvgIpc) is 2.80. The molecule has 2 rings (SSSR count). The molecule has 1 heterocycles. The van der Waals surface area contributed by atoms with Gasteiger partial charge in [-0.25, -0.2) is 4.79 Å². The largest absolute Gasteiger partial charge is 0.465 e. The number of anilines is 1. The second-order valence-corrected chi connectivity index (χ2v) is 5.51. The van der Waals surface area contributed by atoms with Crippen LogP contribution in [0.2, 0.25) is 0 Å². The molecule has 0 radical (unpaired) electrons. The van der Waals surface area contributed by atoms with Gasteiger partial charge in [-0.1, -0.05) is 30.3 Å². The minimum absolute atomic E-state index is 0.291. The Labute approximate surface area is 126 Å². The van der Waals surface area contributed by atoms with Gasteiger partial charge in [0.15, 0.2) is 0 Å². The summed E-state index contributed by atoms with van der Waals surface area (Å²) in [6.07, 6.45) is 0. The standard InChI is InChI=1S/C15H16N2O3S/c1-9-11(13(16)21-12(9)15(19)20-2)14(18)17-8-10-6-4-3-5-7-10/h3-7H,8,16H2,1-2H3,(H,17,18). The van der Waals surface area contributed by atoms with E-state index in [1.807, 2.05) is 30.3 Å². The molecule has 0 aliphatic rings. The number of methoxy groups -OCH3 is 1. The summed E-state index contributed by atoms with van der Waals surface area (Å²) >= 11 is 1.07. The van der Waals surface area contributed by atoms with Gasteiger partial charge in [0.2, 0.25) is 0 Å². The van der Waals surface area contributed by atoms with Crippen LogP contribution in [0, 0.1) is 6.92 Å². The Morgan fingerprint density at radius 2 is 1.95 bits per heavy atom. The average molecular weight is 304 g/mol. The number of nitrogens with two attached hydrogens (primary N) is 1. The number of ether oxygens (including phenoxy) is 1. The summed E-state index contributed by atoms with van der Waals surface area (Å²) in [6.45, 7) is 2.10. The summed E-state index contributed by atoms with van der Waals surface area (Å²) in [6, 6.07) is 9.56. The lowest BCUT2D eigenvalue weighted by Crippen LogP contribution is -2.24. The minimum atomic E-state index is -0.480. The molecule has 1 aromatic carbocycles. The monoisotopic (exact) mass is 304 g/mol. The highest BCUT2D eigenvalue weighted by Crippen LogP contribution is 2.30. The normalized spacial score (nSPS) is 10.2. The van der Waals surface area contributed by atoms with Crippen LogP contribution in [-0.4, -0.2) is 19.0 Å². The highest BCUT2D eigenvalue weighted by atomic mass is 32.1. The first-order valence-corrected chi connectivity index (χ1v) is 7.15. The third-order valence-electron chi connectivity index (χ3n) is 3.07. The SMILES string of the molecule is COC(=O)c1sc(N)c(C(=O)NCc2ccccc2)c1C. The van der Waals surface area contributed by atoms with E-state index in [1.54, 1.807) is 6.92 Å². The van der Waals surface area contributed by atoms with Gasteiger partial charge in [0, 0.05) is 6.54 Å². The summed E-state index contributed by atoms with van der Waals surface area (Å²) < 4.78 is 4.68. The van der Waals surface area contributed by atoms with Gasteiger partial charge < -0.3 is 15.8 Å². The number of amides is 1. The fourth-order valence-electron chi connectivity index (χ4n) is 1.97. The van der Waals surface area contributed by atoms with Crippen molar-refractivity contribution >= 4 is 28.2 Å². The predicted octanol–water partition coefficient (Wildman–Crippen LogP) is 2.36. The Hall–Kier alpha value is -2.34. The van der Waals surface area contributed by atoms with Gasteiger partial charge in [0.1, 0.15) is 4.88 Å². The lowest BCUT2D eigenvalue weighted by molar-refractivity contribution is 0.0605. The molecule has 0 saturated heterocycles. The number of rotatable bonds is 4. The summed E-state index contributed by atoms with van der Waals surface area (Å²) in [4.78, 5) is 24.2. The van der Waals surface area contributed by atoms with Gasteiger partial charge in [0.05, 0.1) is 17.7 Å². The number of benzene rings is 1. The lowest BCUT2D eigenvalue weighted by atomic mass is 10.1. The van der Waals surface area contributed by atoms with Crippen molar-refractivity contribution in [2.45, 2.75) is 13.5 Å². The van der Waals surface area contributed by atoms with Crippen molar-refractivity contribution < 1.29 is 14.3 Å². The van der Waals surface area contributed by atoms with Gasteiger partial charge in [-0.3, -0.25) is 4.79 Å². The van der Waals surface area contributed by atoms with Crippen LogP contribution in [0.1, 0.15) is 31.2 Å². The molecule has 0 bridgehead atoms. The molecule has 6 heteroatoms. The number of carbonyl (C=O) groups is 2. The second-order valence-electron chi connectivity index (χ2n) is 4.46. The molecule has 21 heavy (non-hydrogen) atoms. The maximum absolute atomic E-state index is 12.2. The Balaban J connectivity index is 2.16. The molecule has 110 valence electrons. The van der Waals surface area contributed by atoms with E-state index < -0.39 is 5.97 Å². The molecule has 5 nitrogen and oxygen atoms in total. The Morgan fingerprint density at radius 1 is 1.29 bits per heavy atom. The van der Waals surface area contributed by atoms with Gasteiger partial charge in [-0.05, 0) is 18.1 Å². The third kappa shape index (κ3) is 3.22. The molecule has 0 fully saturated rings. The number of hydrogen-bond acceptors (Lipinski definition) is 5. The van der Waals surface area contributed by atoms with Gasteiger partial charge >= 0.3 is 5.97 Å². The molecule has 3 N–H and O–H groups in total. The molecule has 1 aromatic heterocycles. The first-order chi connectivity index (χ1) is 10.0. The van der Waals surface area contributed by atoms with Crippen molar-refractivity contribution in [2.24, 2.45) is 0 Å². The van der Waals surface area contributed by atoms with Crippen LogP contribution >= 0.6 is 11.3 Å². The van der Waals surface area contributed by atoms with Gasteiger partial charge in [-0.2, -0.15) is 0 Å². The third-order valence-corrected chi connectivity index (χ3v) is 4.17. The van der Waals surface area contributed by atoms with E-state index in [2.05, 4.69) is 10.1 Å². The number of esters is 1. The fraction of sp³-hybridized carbons (Fsp3) is 0.200. The van der Waals surface area contributed by atoms with Crippen LogP contribution in [0.25, 0.3) is 0 Å². The molecule has 2 aromatic rings. The highest BCUT2D eigenvalue weighted by molar-refractivity contribution is 7.18. The minimum Gasteiger partial charge on any atom is -0.465 e. The van der Waals surface area contributed by atoms with E-state index in [0.717, 1.165) is 16.9 Å². The molecular formula is C15H16N2O3S. The van der Waals surface area contributed by atoms with Crippen LogP contribution in [0.4, 0.5) is 5.00 Å². The maximum atomic E-state index is 12.2. The molecule has 0 aliphatic carbocycles. The smallest absolute Gasteiger partial charge is 0.348 e. The Kier molecular flexibility index (Phi) is 4.59. The predicted molar refractivity (Wildman–Crippen MR) is 82.4 cm³/mol. The van der Waals surface area contributed by atoms with E-state index in [9.17, 15) is 9.59 Å². The van der Waals surface area contributed by atoms with Gasteiger partial charge in [-0.15, -0.1) is 11.3 Å². The topological polar surface area (TPSA) is 81.4 Å². The lowest BCUT2D eigenvalue weighted by Gasteiger charge is -2.06. The van der Waals surface area contributed by atoms with Crippen molar-refractivity contribution in [3.8, 4) is 0 Å². The van der Waals surface area contributed by atoms with Crippen LogP contribution in [0.3, 0.4) is 0 Å². The molecule has 1 amide bonds. The quantitative estimate of drug-likeness (QED) is 0.850. The number of hydrogen-bond donors (Lipinski definition) is 2. The second kappa shape index (κ2) is 6.41. The molecule has 0 spiro atoms. The zero-order valence-corrected chi connectivity index (χ0v) is 12.6. The first kappa shape index (κ1) is 15.1. The molecule has 0 atom stereocenters. The number of carbonyl (C=O) groups excluding carboxylic acids is 2. The summed E-state index contributed by atoms with van der Waals surface area (Å²) in [5.74, 6) is -0.772. The van der Waals surface area contributed by atoms with Crippen molar-refractivity contribution in [2.75, 3.05) is 12.8 Å². The Bertz CT molecular complexity index is 665. The fourth-order valence-corrected chi connectivity index (χ4v) is 2.96. The summed E-state index contributed by atoms with van der Waals surface area (Å²) in [5.41, 5.74) is 7.74. The highest BCUT2D eigenvalue weighted by Gasteiger charge is 2.23. The zero-order chi connectivity index (χ0) is 15.4. The molecule has 0 aliphatic heterocycles. The van der Waals surface area contributed by atoms with E-state index >= 15 is 0 Å². The molecule has 0 unspecified atom stereocenters. The van der Waals surface area contributed by atoms with E-state index in [-0.39, 0.29) is 5.91 Å². The van der Waals surface area contributed by atoms with Crippen LogP contribution in [-0.2, 0) is 11.3 Å². The van der Waals surface area contributed by atoms with Crippen molar-refractivity contribution in [1.29, 1.82) is 0 Å². The number of thiophene rings is 1. The van der Waals surface area contributed by atoms with Crippen molar-refractivity contribution in [3.63, 3.8) is 0 Å². The maximum Gasteiger partial charge on any atom is 0.348 e. The summed E-state index contributed by atoms with van der Waals surface area (Å²) in [7, 11) is 1.30. The van der Waals surface area contributed by atoms with Crippen molar-refractivity contribution in [3.05, 3.63) is 51.9 Å². The van der Waals surface area contributed by atoms with Crippen LogP contribution < -0.4 is 11.1 Å². The van der Waals surface area contributed by atoms with E-state index in [4.69, 9.17) is 5.73 Å². The summed E-state index contributed by atoms with van der Waals surface area (Å²) in [5, 5.41) is 3.12. The Morgan fingerprint density at radius 3 is 2.57 bits per heavy atom. The molecule has 0 saturated carbocycles.